The van der Waals surface area contributed by atoms with Crippen LogP contribution in [0.4, 0.5) is 5.95 Å². The molecule has 0 saturated heterocycles. The number of rotatable bonds is 10. The standard InChI is InChI=1S/C14H23N3O4/c1-4-7-21-12-9-10(2)15-14(17-12)16-11(13(18)19)6-5-8-20-3/h9,11H,4-8H2,1-3H3,(H,18,19)(H,15,16,17). The van der Waals surface area contributed by atoms with Crippen molar-refractivity contribution in [1.29, 1.82) is 0 Å². The van der Waals surface area contributed by atoms with Crippen molar-refractivity contribution in [3.63, 3.8) is 0 Å². The van der Waals surface area contributed by atoms with Gasteiger partial charge in [0, 0.05) is 25.5 Å². The Bertz CT molecular complexity index is 454. The highest BCUT2D eigenvalue weighted by molar-refractivity contribution is 5.76. The first-order valence-electron chi connectivity index (χ1n) is 7.03. The average molecular weight is 297 g/mol. The van der Waals surface area contributed by atoms with Crippen molar-refractivity contribution in [3.8, 4) is 5.88 Å². The van der Waals surface area contributed by atoms with Gasteiger partial charge in [-0.25, -0.2) is 9.78 Å². The van der Waals surface area contributed by atoms with Crippen LogP contribution in [0.3, 0.4) is 0 Å². The number of methoxy groups -OCH3 is 1. The zero-order valence-corrected chi connectivity index (χ0v) is 12.8. The average Bonchev–Trinajstić information content (AvgIpc) is 2.43. The number of aliphatic carboxylic acids is 1. The van der Waals surface area contributed by atoms with Crippen molar-refractivity contribution >= 4 is 11.9 Å². The topological polar surface area (TPSA) is 93.6 Å². The SMILES string of the molecule is CCCOc1cc(C)nc(NC(CCCOC)C(=O)O)n1. The summed E-state index contributed by atoms with van der Waals surface area (Å²) in [6, 6.07) is 0.975. The Morgan fingerprint density at radius 3 is 2.81 bits per heavy atom. The maximum Gasteiger partial charge on any atom is 0.326 e. The van der Waals surface area contributed by atoms with Crippen molar-refractivity contribution in [2.24, 2.45) is 0 Å². The molecule has 7 heteroatoms. The number of carboxylic acid groups (broad SMARTS) is 1. The van der Waals surface area contributed by atoms with Crippen LogP contribution in [0.2, 0.25) is 0 Å². The van der Waals surface area contributed by atoms with E-state index in [1.165, 1.54) is 0 Å². The van der Waals surface area contributed by atoms with E-state index in [9.17, 15) is 9.90 Å². The molecule has 0 bridgehead atoms. The van der Waals surface area contributed by atoms with E-state index < -0.39 is 12.0 Å². The Morgan fingerprint density at radius 1 is 1.43 bits per heavy atom. The van der Waals surface area contributed by atoms with Gasteiger partial charge in [0.15, 0.2) is 0 Å². The molecule has 1 aromatic heterocycles. The first-order valence-corrected chi connectivity index (χ1v) is 7.03. The van der Waals surface area contributed by atoms with Crippen LogP contribution < -0.4 is 10.1 Å². The highest BCUT2D eigenvalue weighted by Crippen LogP contribution is 2.14. The number of carbonyl (C=O) groups is 1. The van der Waals surface area contributed by atoms with Crippen molar-refractivity contribution in [1.82, 2.24) is 9.97 Å². The normalized spacial score (nSPS) is 12.0. The zero-order chi connectivity index (χ0) is 15.7. The minimum absolute atomic E-state index is 0.269. The van der Waals surface area contributed by atoms with Crippen molar-refractivity contribution in [2.45, 2.75) is 39.2 Å². The van der Waals surface area contributed by atoms with E-state index in [1.807, 2.05) is 13.8 Å². The number of carboxylic acids is 1. The Hall–Kier alpha value is -1.89. The number of aryl methyl sites for hydroxylation is 1. The van der Waals surface area contributed by atoms with E-state index in [0.717, 1.165) is 12.1 Å². The Morgan fingerprint density at radius 2 is 2.19 bits per heavy atom. The minimum Gasteiger partial charge on any atom is -0.480 e. The fraction of sp³-hybridized carbons (Fsp3) is 0.643. The maximum atomic E-state index is 11.2. The van der Waals surface area contributed by atoms with Gasteiger partial charge in [-0.15, -0.1) is 0 Å². The predicted octanol–water partition coefficient (Wildman–Crippen LogP) is 1.87. The summed E-state index contributed by atoms with van der Waals surface area (Å²) >= 11 is 0. The van der Waals surface area contributed by atoms with Crippen LogP contribution in [0, 0.1) is 6.92 Å². The summed E-state index contributed by atoms with van der Waals surface area (Å²) < 4.78 is 10.4. The molecule has 0 aliphatic rings. The van der Waals surface area contributed by atoms with Gasteiger partial charge < -0.3 is 19.9 Å². The Labute approximate surface area is 124 Å². The lowest BCUT2D eigenvalue weighted by atomic mass is 10.1. The van der Waals surface area contributed by atoms with Crippen LogP contribution in [-0.4, -0.2) is 47.4 Å². The number of anilines is 1. The molecule has 0 aliphatic carbocycles. The number of ether oxygens (including phenoxy) is 2. The van der Waals surface area contributed by atoms with E-state index in [2.05, 4.69) is 15.3 Å². The summed E-state index contributed by atoms with van der Waals surface area (Å²) in [4.78, 5) is 19.6. The van der Waals surface area contributed by atoms with E-state index in [-0.39, 0.29) is 5.95 Å². The summed E-state index contributed by atoms with van der Waals surface area (Å²) in [6.07, 6.45) is 1.96. The second-order valence-electron chi connectivity index (χ2n) is 4.69. The summed E-state index contributed by atoms with van der Waals surface area (Å²) in [5.41, 5.74) is 0.722. The molecule has 1 heterocycles. The molecular weight excluding hydrogens is 274 g/mol. The highest BCUT2D eigenvalue weighted by atomic mass is 16.5. The molecule has 1 unspecified atom stereocenters. The third kappa shape index (κ3) is 6.40. The van der Waals surface area contributed by atoms with Gasteiger partial charge in [-0.2, -0.15) is 4.98 Å². The van der Waals surface area contributed by atoms with Gasteiger partial charge in [0.05, 0.1) is 6.61 Å². The lowest BCUT2D eigenvalue weighted by Gasteiger charge is -2.15. The quantitative estimate of drug-likeness (QED) is 0.637. The van der Waals surface area contributed by atoms with Crippen molar-refractivity contribution in [2.75, 3.05) is 25.6 Å². The van der Waals surface area contributed by atoms with Crippen molar-refractivity contribution in [3.05, 3.63) is 11.8 Å². The Balaban J connectivity index is 2.73. The number of aromatic nitrogens is 2. The van der Waals surface area contributed by atoms with E-state index in [1.54, 1.807) is 13.2 Å². The fourth-order valence-corrected chi connectivity index (χ4v) is 1.73. The van der Waals surface area contributed by atoms with Gasteiger partial charge in [0.2, 0.25) is 11.8 Å². The largest absolute Gasteiger partial charge is 0.480 e. The minimum atomic E-state index is -0.938. The van der Waals surface area contributed by atoms with Crippen LogP contribution in [0.25, 0.3) is 0 Å². The zero-order valence-electron chi connectivity index (χ0n) is 12.8. The van der Waals surface area contributed by atoms with Crippen molar-refractivity contribution < 1.29 is 19.4 Å². The summed E-state index contributed by atoms with van der Waals surface area (Å²) in [5, 5.41) is 12.1. The van der Waals surface area contributed by atoms with Gasteiger partial charge in [0.25, 0.3) is 0 Å². The third-order valence-electron chi connectivity index (χ3n) is 2.73. The lowest BCUT2D eigenvalue weighted by molar-refractivity contribution is -0.138. The molecule has 118 valence electrons. The van der Waals surface area contributed by atoms with E-state index >= 15 is 0 Å². The monoisotopic (exact) mass is 297 g/mol. The van der Waals surface area contributed by atoms with Crippen LogP contribution in [0.1, 0.15) is 31.9 Å². The summed E-state index contributed by atoms with van der Waals surface area (Å²) in [7, 11) is 1.59. The first kappa shape index (κ1) is 17.2. The van der Waals surface area contributed by atoms with E-state index in [4.69, 9.17) is 9.47 Å². The maximum absolute atomic E-state index is 11.2. The molecule has 0 saturated carbocycles. The highest BCUT2D eigenvalue weighted by Gasteiger charge is 2.18. The van der Waals surface area contributed by atoms with Gasteiger partial charge in [-0.3, -0.25) is 0 Å². The molecule has 21 heavy (non-hydrogen) atoms. The van der Waals surface area contributed by atoms with Crippen LogP contribution in [0.5, 0.6) is 5.88 Å². The number of hydrogen-bond acceptors (Lipinski definition) is 6. The van der Waals surface area contributed by atoms with Gasteiger partial charge in [0.1, 0.15) is 6.04 Å². The molecule has 1 aromatic rings. The van der Waals surface area contributed by atoms with Crippen LogP contribution in [0.15, 0.2) is 6.07 Å². The first-order chi connectivity index (χ1) is 10.1. The molecule has 0 spiro atoms. The van der Waals surface area contributed by atoms with Gasteiger partial charge in [-0.05, 0) is 26.2 Å². The molecule has 0 amide bonds. The Kier molecular flexibility index (Phi) is 7.45. The molecular formula is C14H23N3O4. The molecule has 1 atom stereocenters. The molecule has 0 fully saturated rings. The second kappa shape index (κ2) is 9.12. The second-order valence-corrected chi connectivity index (χ2v) is 4.69. The van der Waals surface area contributed by atoms with Gasteiger partial charge >= 0.3 is 5.97 Å². The number of hydrogen-bond donors (Lipinski definition) is 2. The molecule has 0 radical (unpaired) electrons. The summed E-state index contributed by atoms with van der Waals surface area (Å²) in [5.74, 6) is -0.217. The van der Waals surface area contributed by atoms with Crippen LogP contribution >= 0.6 is 0 Å². The molecule has 0 aromatic carbocycles. The molecule has 2 N–H and O–H groups in total. The lowest BCUT2D eigenvalue weighted by Crippen LogP contribution is -2.30. The molecule has 1 rings (SSSR count). The van der Waals surface area contributed by atoms with Crippen LogP contribution in [-0.2, 0) is 9.53 Å². The third-order valence-corrected chi connectivity index (χ3v) is 2.73. The summed E-state index contributed by atoms with van der Waals surface area (Å²) in [6.45, 7) is 4.90. The number of nitrogens with one attached hydrogen (secondary N) is 1. The smallest absolute Gasteiger partial charge is 0.326 e. The predicted molar refractivity (Wildman–Crippen MR) is 78.7 cm³/mol. The van der Waals surface area contributed by atoms with Gasteiger partial charge in [-0.1, -0.05) is 6.92 Å². The number of nitrogens with zero attached hydrogens (tertiary/aromatic N) is 2. The van der Waals surface area contributed by atoms with E-state index in [0.29, 0.717) is 31.9 Å². The fourth-order valence-electron chi connectivity index (χ4n) is 1.73. The molecule has 7 nitrogen and oxygen atoms in total. The molecule has 0 aliphatic heterocycles.